The van der Waals surface area contributed by atoms with Crippen LogP contribution in [0.15, 0.2) is 30.5 Å². The van der Waals surface area contributed by atoms with Crippen LogP contribution < -0.4 is 5.32 Å². The lowest BCUT2D eigenvalue weighted by Crippen LogP contribution is -2.31. The van der Waals surface area contributed by atoms with Crippen LogP contribution in [0.1, 0.15) is 28.9 Å². The van der Waals surface area contributed by atoms with Crippen LogP contribution in [-0.2, 0) is 0 Å². The van der Waals surface area contributed by atoms with Crippen molar-refractivity contribution in [3.8, 4) is 0 Å². The number of rotatable bonds is 3. The van der Waals surface area contributed by atoms with E-state index < -0.39 is 11.9 Å². The largest absolute Gasteiger partial charge is 0.350 e. The molecule has 0 unspecified atom stereocenters. The number of pyridine rings is 1. The summed E-state index contributed by atoms with van der Waals surface area (Å²) >= 11 is 0. The van der Waals surface area contributed by atoms with Crippen molar-refractivity contribution in [3.05, 3.63) is 47.7 Å². The molecule has 2 aliphatic carbocycles. The molecule has 1 N–H and O–H groups in total. The van der Waals surface area contributed by atoms with E-state index in [1.54, 1.807) is 18.3 Å². The summed E-state index contributed by atoms with van der Waals surface area (Å²) in [6.07, 6.45) is 8.44. The normalized spacial score (nSPS) is 26.0. The highest BCUT2D eigenvalue weighted by molar-refractivity contribution is 5.93. The van der Waals surface area contributed by atoms with Crippen molar-refractivity contribution in [2.45, 2.75) is 19.8 Å². The molecule has 1 amide bonds. The standard InChI is InChI=1S/C17H18FN3O/c1-10-4-5-21-14(6-10)20-15(16(21)18)17(22)19-9-13-8-11-2-3-12(13)7-11/h2-6,11-13H,7-9H2,1H3,(H,19,22)/t11-,12+,13+/m1/s1. The average Bonchev–Trinajstić information content (AvgIpc) is 3.19. The van der Waals surface area contributed by atoms with Crippen LogP contribution in [-0.4, -0.2) is 21.8 Å². The van der Waals surface area contributed by atoms with Crippen molar-refractivity contribution in [1.29, 1.82) is 0 Å². The number of amides is 1. The summed E-state index contributed by atoms with van der Waals surface area (Å²) in [7, 11) is 0. The Bertz CT molecular complexity index is 780. The Kier molecular flexibility index (Phi) is 3.03. The lowest BCUT2D eigenvalue weighted by molar-refractivity contribution is 0.0936. The highest BCUT2D eigenvalue weighted by atomic mass is 19.1. The fourth-order valence-electron chi connectivity index (χ4n) is 3.70. The van der Waals surface area contributed by atoms with E-state index in [0.29, 0.717) is 29.9 Å². The molecular formula is C17H18FN3O. The van der Waals surface area contributed by atoms with Crippen LogP contribution in [0.3, 0.4) is 0 Å². The van der Waals surface area contributed by atoms with Gasteiger partial charge in [0.25, 0.3) is 5.91 Å². The van der Waals surface area contributed by atoms with E-state index in [1.165, 1.54) is 10.8 Å². The second-order valence-corrected chi connectivity index (χ2v) is 6.43. The van der Waals surface area contributed by atoms with E-state index in [0.717, 1.165) is 12.0 Å². The SMILES string of the molecule is Cc1ccn2c(F)c(C(=O)NC[C@@H]3C[C@@H]4C=C[C@H]3C4)nc2c1. The van der Waals surface area contributed by atoms with E-state index in [4.69, 9.17) is 0 Å². The number of aromatic nitrogens is 2. The Balaban J connectivity index is 1.50. The summed E-state index contributed by atoms with van der Waals surface area (Å²) in [6, 6.07) is 3.56. The number of carbonyl (C=O) groups excluding carboxylic acids is 1. The molecule has 0 saturated heterocycles. The number of nitrogens with one attached hydrogen (secondary N) is 1. The topological polar surface area (TPSA) is 46.4 Å². The van der Waals surface area contributed by atoms with E-state index in [9.17, 15) is 9.18 Å². The summed E-state index contributed by atoms with van der Waals surface area (Å²) in [4.78, 5) is 16.4. The second kappa shape index (κ2) is 4.93. The van der Waals surface area contributed by atoms with Crippen LogP contribution in [0.4, 0.5) is 4.39 Å². The zero-order chi connectivity index (χ0) is 15.3. The van der Waals surface area contributed by atoms with Gasteiger partial charge in [0.15, 0.2) is 5.69 Å². The monoisotopic (exact) mass is 299 g/mol. The first-order chi connectivity index (χ1) is 10.6. The van der Waals surface area contributed by atoms with E-state index >= 15 is 0 Å². The minimum atomic E-state index is -0.597. The molecule has 2 aromatic rings. The Labute approximate surface area is 128 Å². The van der Waals surface area contributed by atoms with Gasteiger partial charge in [0.1, 0.15) is 5.65 Å². The third kappa shape index (κ3) is 2.12. The van der Waals surface area contributed by atoms with Crippen molar-refractivity contribution in [2.75, 3.05) is 6.54 Å². The van der Waals surface area contributed by atoms with E-state index in [1.807, 2.05) is 6.92 Å². The molecule has 5 heteroatoms. The number of hydrogen-bond acceptors (Lipinski definition) is 2. The first-order valence-electron chi connectivity index (χ1n) is 7.72. The maximum absolute atomic E-state index is 14.3. The molecule has 2 heterocycles. The summed E-state index contributed by atoms with van der Waals surface area (Å²) in [5.41, 5.74) is 1.33. The molecule has 2 aromatic heterocycles. The maximum atomic E-state index is 14.3. The van der Waals surface area contributed by atoms with Gasteiger partial charge >= 0.3 is 0 Å². The van der Waals surface area contributed by atoms with Crippen molar-refractivity contribution < 1.29 is 9.18 Å². The van der Waals surface area contributed by atoms with Crippen molar-refractivity contribution in [3.63, 3.8) is 0 Å². The van der Waals surface area contributed by atoms with E-state index in [-0.39, 0.29) is 5.69 Å². The maximum Gasteiger partial charge on any atom is 0.274 e. The Morgan fingerprint density at radius 2 is 2.32 bits per heavy atom. The molecule has 1 fully saturated rings. The number of aryl methyl sites for hydroxylation is 1. The highest BCUT2D eigenvalue weighted by Crippen LogP contribution is 2.42. The summed E-state index contributed by atoms with van der Waals surface area (Å²) < 4.78 is 15.6. The second-order valence-electron chi connectivity index (χ2n) is 6.43. The molecule has 2 aliphatic rings. The number of halogens is 1. The zero-order valence-electron chi connectivity index (χ0n) is 12.4. The van der Waals surface area contributed by atoms with E-state index in [2.05, 4.69) is 22.5 Å². The van der Waals surface area contributed by atoms with Gasteiger partial charge in [0.2, 0.25) is 5.95 Å². The molecular weight excluding hydrogens is 281 g/mol. The quantitative estimate of drug-likeness (QED) is 0.886. The number of nitrogens with zero attached hydrogens (tertiary/aromatic N) is 2. The molecule has 1 saturated carbocycles. The zero-order valence-corrected chi connectivity index (χ0v) is 12.4. The van der Waals surface area contributed by atoms with Gasteiger partial charge in [-0.1, -0.05) is 12.2 Å². The summed E-state index contributed by atoms with van der Waals surface area (Å²) in [5, 5.41) is 2.85. The number of imidazole rings is 1. The first-order valence-corrected chi connectivity index (χ1v) is 7.72. The Hall–Kier alpha value is -2.17. The van der Waals surface area contributed by atoms with Gasteiger partial charge in [0, 0.05) is 12.7 Å². The van der Waals surface area contributed by atoms with Gasteiger partial charge in [-0.2, -0.15) is 4.39 Å². The molecule has 22 heavy (non-hydrogen) atoms. The Morgan fingerprint density at radius 3 is 3.05 bits per heavy atom. The van der Waals surface area contributed by atoms with Gasteiger partial charge in [-0.25, -0.2) is 4.98 Å². The number of fused-ring (bicyclic) bond motifs is 3. The predicted molar refractivity (Wildman–Crippen MR) is 81.1 cm³/mol. The molecule has 3 atom stereocenters. The molecule has 4 rings (SSSR count). The van der Waals surface area contributed by atoms with Gasteiger partial charge in [0.05, 0.1) is 0 Å². The summed E-state index contributed by atoms with van der Waals surface area (Å²) in [6.45, 7) is 2.51. The van der Waals surface area contributed by atoms with Crippen molar-refractivity contribution in [2.24, 2.45) is 17.8 Å². The minimum Gasteiger partial charge on any atom is -0.350 e. The van der Waals surface area contributed by atoms with Crippen LogP contribution in [0.2, 0.25) is 0 Å². The number of carbonyl (C=O) groups is 1. The lowest BCUT2D eigenvalue weighted by Gasteiger charge is -2.18. The molecule has 4 nitrogen and oxygen atoms in total. The van der Waals surface area contributed by atoms with Gasteiger partial charge in [-0.15, -0.1) is 0 Å². The molecule has 114 valence electrons. The smallest absolute Gasteiger partial charge is 0.274 e. The van der Waals surface area contributed by atoms with Crippen molar-refractivity contribution in [1.82, 2.24) is 14.7 Å². The van der Waals surface area contributed by atoms with Crippen LogP contribution in [0, 0.1) is 30.6 Å². The fourth-order valence-corrected chi connectivity index (χ4v) is 3.70. The number of allylic oxidation sites excluding steroid dienone is 2. The molecule has 0 radical (unpaired) electrons. The van der Waals surface area contributed by atoms with Gasteiger partial charge < -0.3 is 5.32 Å². The minimum absolute atomic E-state index is 0.121. The third-order valence-electron chi connectivity index (χ3n) is 4.88. The van der Waals surface area contributed by atoms with Crippen LogP contribution in [0.5, 0.6) is 0 Å². The molecule has 0 spiro atoms. The highest BCUT2D eigenvalue weighted by Gasteiger charge is 2.35. The van der Waals surface area contributed by atoms with Gasteiger partial charge in [-0.3, -0.25) is 9.20 Å². The van der Waals surface area contributed by atoms with Crippen LogP contribution in [0.25, 0.3) is 5.65 Å². The first kappa shape index (κ1) is 13.5. The lowest BCUT2D eigenvalue weighted by atomic mass is 9.93. The molecule has 2 bridgehead atoms. The predicted octanol–water partition coefficient (Wildman–Crippen LogP) is 2.72. The molecule has 0 aromatic carbocycles. The fraction of sp³-hybridized carbons (Fsp3) is 0.412. The third-order valence-corrected chi connectivity index (χ3v) is 4.88. The molecule has 0 aliphatic heterocycles. The van der Waals surface area contributed by atoms with Gasteiger partial charge in [-0.05, 0) is 55.2 Å². The van der Waals surface area contributed by atoms with Crippen LogP contribution >= 0.6 is 0 Å². The van der Waals surface area contributed by atoms with Crippen molar-refractivity contribution >= 4 is 11.6 Å². The average molecular weight is 299 g/mol. The summed E-state index contributed by atoms with van der Waals surface area (Å²) in [5.74, 6) is 0.688. The Morgan fingerprint density at radius 1 is 1.45 bits per heavy atom. The number of hydrogen-bond donors (Lipinski definition) is 1.